The minimum absolute atomic E-state index is 0.0999. The predicted molar refractivity (Wildman–Crippen MR) is 61.1 cm³/mol. The summed E-state index contributed by atoms with van der Waals surface area (Å²) >= 11 is 0. The van der Waals surface area contributed by atoms with E-state index < -0.39 is 11.9 Å². The number of imidazole rings is 1. The fourth-order valence-corrected chi connectivity index (χ4v) is 1.74. The first-order valence-electron chi connectivity index (χ1n) is 5.55. The van der Waals surface area contributed by atoms with Crippen molar-refractivity contribution in [2.75, 3.05) is 5.73 Å². The van der Waals surface area contributed by atoms with Crippen LogP contribution in [0.1, 0.15) is 37.6 Å². The van der Waals surface area contributed by atoms with Gasteiger partial charge in [0.05, 0.1) is 0 Å². The van der Waals surface area contributed by atoms with Gasteiger partial charge >= 0.3 is 6.18 Å². The number of rotatable bonds is 2. The second-order valence-corrected chi connectivity index (χ2v) is 4.20. The molecule has 4 nitrogen and oxygen atoms in total. The van der Waals surface area contributed by atoms with Crippen molar-refractivity contribution in [1.29, 1.82) is 0 Å². The Morgan fingerprint density at radius 3 is 2.67 bits per heavy atom. The molecule has 0 aliphatic rings. The van der Waals surface area contributed by atoms with Crippen LogP contribution < -0.4 is 5.73 Å². The van der Waals surface area contributed by atoms with Crippen molar-refractivity contribution in [3.05, 3.63) is 23.8 Å². The summed E-state index contributed by atoms with van der Waals surface area (Å²) in [5, 5.41) is 0. The van der Waals surface area contributed by atoms with E-state index in [1.807, 2.05) is 13.8 Å². The second-order valence-electron chi connectivity index (χ2n) is 4.20. The fourth-order valence-electron chi connectivity index (χ4n) is 1.74. The summed E-state index contributed by atoms with van der Waals surface area (Å²) in [6, 6.07) is 0. The van der Waals surface area contributed by atoms with E-state index in [9.17, 15) is 13.2 Å². The molecular weight excluding hydrogens is 245 g/mol. The second kappa shape index (κ2) is 4.15. The number of hydrogen-bond donors (Lipinski definition) is 1. The lowest BCUT2D eigenvalue weighted by Crippen LogP contribution is -2.12. The molecule has 18 heavy (non-hydrogen) atoms. The SMILES string of the molecule is CCC(C)c1cnc2c(N)nc(C(F)(F)F)cn12. The first-order chi connectivity index (χ1) is 8.34. The van der Waals surface area contributed by atoms with Crippen LogP contribution in [0.25, 0.3) is 5.65 Å². The molecule has 2 aromatic rings. The zero-order valence-electron chi connectivity index (χ0n) is 9.99. The zero-order valence-corrected chi connectivity index (χ0v) is 9.99. The molecule has 0 aliphatic carbocycles. The molecule has 0 fully saturated rings. The molecule has 1 unspecified atom stereocenters. The summed E-state index contributed by atoms with van der Waals surface area (Å²) < 4.78 is 39.4. The number of alkyl halides is 3. The van der Waals surface area contributed by atoms with E-state index in [0.717, 1.165) is 12.6 Å². The largest absolute Gasteiger partial charge is 0.434 e. The zero-order chi connectivity index (χ0) is 13.5. The lowest BCUT2D eigenvalue weighted by atomic mass is 10.1. The third kappa shape index (κ3) is 2.00. The molecule has 0 saturated carbocycles. The van der Waals surface area contributed by atoms with E-state index >= 15 is 0 Å². The Labute approximate surface area is 102 Å². The van der Waals surface area contributed by atoms with Crippen molar-refractivity contribution >= 4 is 11.5 Å². The molecule has 0 aliphatic heterocycles. The Morgan fingerprint density at radius 1 is 1.44 bits per heavy atom. The van der Waals surface area contributed by atoms with Gasteiger partial charge in [-0.15, -0.1) is 0 Å². The topological polar surface area (TPSA) is 56.2 Å². The molecule has 0 spiro atoms. The van der Waals surface area contributed by atoms with Crippen LogP contribution in [0, 0.1) is 0 Å². The molecule has 0 bridgehead atoms. The molecule has 0 radical (unpaired) electrons. The first kappa shape index (κ1) is 12.7. The number of hydrogen-bond acceptors (Lipinski definition) is 3. The van der Waals surface area contributed by atoms with Gasteiger partial charge in [0, 0.05) is 18.1 Å². The lowest BCUT2D eigenvalue weighted by molar-refractivity contribution is -0.141. The molecule has 2 rings (SSSR count). The molecule has 0 amide bonds. The monoisotopic (exact) mass is 258 g/mol. The van der Waals surface area contributed by atoms with Gasteiger partial charge in [0.25, 0.3) is 0 Å². The molecular formula is C11H13F3N4. The summed E-state index contributed by atoms with van der Waals surface area (Å²) in [4.78, 5) is 7.36. The predicted octanol–water partition coefficient (Wildman–Crippen LogP) is 2.84. The van der Waals surface area contributed by atoms with Crippen molar-refractivity contribution in [2.45, 2.75) is 32.4 Å². The van der Waals surface area contributed by atoms with Crippen molar-refractivity contribution in [3.8, 4) is 0 Å². The Morgan fingerprint density at radius 2 is 2.11 bits per heavy atom. The van der Waals surface area contributed by atoms with Crippen LogP contribution >= 0.6 is 0 Å². The minimum Gasteiger partial charge on any atom is -0.381 e. The van der Waals surface area contributed by atoms with E-state index in [1.54, 1.807) is 6.20 Å². The molecule has 0 aromatic carbocycles. The number of fused-ring (bicyclic) bond motifs is 1. The van der Waals surface area contributed by atoms with Gasteiger partial charge < -0.3 is 5.73 Å². The molecule has 1 atom stereocenters. The number of halogens is 3. The molecule has 2 heterocycles. The van der Waals surface area contributed by atoms with Gasteiger partial charge in [0.15, 0.2) is 17.2 Å². The lowest BCUT2D eigenvalue weighted by Gasteiger charge is -2.11. The maximum Gasteiger partial charge on any atom is 0.434 e. The van der Waals surface area contributed by atoms with Gasteiger partial charge in [-0.2, -0.15) is 13.2 Å². The van der Waals surface area contributed by atoms with Gasteiger partial charge in [-0.1, -0.05) is 13.8 Å². The van der Waals surface area contributed by atoms with Crippen LogP contribution in [0.2, 0.25) is 0 Å². The van der Waals surface area contributed by atoms with Crippen molar-refractivity contribution in [1.82, 2.24) is 14.4 Å². The van der Waals surface area contributed by atoms with Crippen molar-refractivity contribution < 1.29 is 13.2 Å². The average molecular weight is 258 g/mol. The number of nitrogens with zero attached hydrogens (tertiary/aromatic N) is 3. The van der Waals surface area contributed by atoms with E-state index in [0.29, 0.717) is 5.69 Å². The minimum atomic E-state index is -4.51. The average Bonchev–Trinajstić information content (AvgIpc) is 2.71. The number of aromatic nitrogens is 3. The summed E-state index contributed by atoms with van der Waals surface area (Å²) in [5.74, 6) is -0.109. The molecule has 0 saturated heterocycles. The Bertz CT molecular complexity index is 573. The summed E-state index contributed by atoms with van der Waals surface area (Å²) in [5.41, 5.74) is 5.47. The normalized spacial score (nSPS) is 14.1. The molecule has 2 aromatic heterocycles. The maximum absolute atomic E-state index is 12.7. The van der Waals surface area contributed by atoms with E-state index in [-0.39, 0.29) is 17.4 Å². The first-order valence-corrected chi connectivity index (χ1v) is 5.55. The van der Waals surface area contributed by atoms with Crippen molar-refractivity contribution in [2.24, 2.45) is 0 Å². The Kier molecular flexibility index (Phi) is 2.92. The van der Waals surface area contributed by atoms with Crippen LogP contribution in [0.3, 0.4) is 0 Å². The Balaban J connectivity index is 2.68. The van der Waals surface area contributed by atoms with E-state index in [4.69, 9.17) is 5.73 Å². The number of anilines is 1. The third-order valence-electron chi connectivity index (χ3n) is 2.95. The van der Waals surface area contributed by atoms with Crippen LogP contribution in [0.15, 0.2) is 12.4 Å². The molecule has 7 heteroatoms. The fraction of sp³-hybridized carbons (Fsp3) is 0.455. The number of nitrogen functional groups attached to an aromatic ring is 1. The van der Waals surface area contributed by atoms with Gasteiger partial charge in [-0.3, -0.25) is 4.40 Å². The van der Waals surface area contributed by atoms with Crippen LogP contribution in [0.4, 0.5) is 19.0 Å². The Hall–Kier alpha value is -1.79. The highest BCUT2D eigenvalue weighted by Crippen LogP contribution is 2.30. The van der Waals surface area contributed by atoms with Gasteiger partial charge in [-0.25, -0.2) is 9.97 Å². The third-order valence-corrected chi connectivity index (χ3v) is 2.95. The highest BCUT2D eigenvalue weighted by Gasteiger charge is 2.34. The molecule has 2 N–H and O–H groups in total. The van der Waals surface area contributed by atoms with Gasteiger partial charge in [-0.05, 0) is 12.3 Å². The van der Waals surface area contributed by atoms with Crippen LogP contribution in [0.5, 0.6) is 0 Å². The highest BCUT2D eigenvalue weighted by molar-refractivity contribution is 5.60. The van der Waals surface area contributed by atoms with E-state index in [2.05, 4.69) is 9.97 Å². The van der Waals surface area contributed by atoms with Crippen LogP contribution in [-0.2, 0) is 6.18 Å². The molecule has 98 valence electrons. The van der Waals surface area contributed by atoms with Crippen molar-refractivity contribution in [3.63, 3.8) is 0 Å². The maximum atomic E-state index is 12.7. The summed E-state index contributed by atoms with van der Waals surface area (Å²) in [7, 11) is 0. The summed E-state index contributed by atoms with van der Waals surface area (Å²) in [6.45, 7) is 3.88. The standard InChI is InChI=1S/C11H13F3N4/c1-3-6(2)7-4-16-10-9(15)17-8(5-18(7)10)11(12,13)14/h4-6H,3H2,1-2H3,(H2,15,17). The highest BCUT2D eigenvalue weighted by atomic mass is 19.4. The van der Waals surface area contributed by atoms with Crippen LogP contribution in [-0.4, -0.2) is 14.4 Å². The van der Waals surface area contributed by atoms with Gasteiger partial charge in [0.1, 0.15) is 0 Å². The smallest absolute Gasteiger partial charge is 0.381 e. The van der Waals surface area contributed by atoms with Gasteiger partial charge in [0.2, 0.25) is 0 Å². The number of nitrogens with two attached hydrogens (primary N) is 1. The summed E-state index contributed by atoms with van der Waals surface area (Å²) in [6.07, 6.45) is -1.22. The quantitative estimate of drug-likeness (QED) is 0.901. The van der Waals surface area contributed by atoms with E-state index in [1.165, 1.54) is 4.40 Å².